The molecule has 0 heterocycles. The number of ether oxygens (including phenoxy) is 1. The van der Waals surface area contributed by atoms with Gasteiger partial charge in [0, 0.05) is 25.1 Å². The summed E-state index contributed by atoms with van der Waals surface area (Å²) in [5, 5.41) is 2.89. The zero-order valence-electron chi connectivity index (χ0n) is 23.0. The molecule has 0 spiro atoms. The summed E-state index contributed by atoms with van der Waals surface area (Å²) in [6, 6.07) is 20.6. The first-order valence-electron chi connectivity index (χ1n) is 13.1. The molecule has 3 aromatic carbocycles. The fourth-order valence-electron chi connectivity index (χ4n) is 4.30. The first-order valence-corrected chi connectivity index (χ1v) is 15.0. The molecule has 10 heteroatoms. The molecule has 0 fully saturated rings. The molecule has 3 aromatic rings. The molecule has 0 radical (unpaired) electrons. The minimum atomic E-state index is -3.95. The number of anilines is 1. The number of halogens is 1. The molecule has 40 heavy (non-hydrogen) atoms. The van der Waals surface area contributed by atoms with Gasteiger partial charge >= 0.3 is 0 Å². The smallest absolute Gasteiger partial charge is 0.244 e. The summed E-state index contributed by atoms with van der Waals surface area (Å²) in [6.45, 7) is 1.58. The quantitative estimate of drug-likeness (QED) is 0.294. The minimum absolute atomic E-state index is 0.159. The normalized spacial score (nSPS) is 11.9. The lowest BCUT2D eigenvalue weighted by Gasteiger charge is -2.33. The number of sulfonamides is 1. The Balaban J connectivity index is 2.06. The van der Waals surface area contributed by atoms with Crippen LogP contribution in [-0.2, 0) is 32.6 Å². The molecule has 0 bridgehead atoms. The maximum Gasteiger partial charge on any atom is 0.244 e. The third-order valence-electron chi connectivity index (χ3n) is 6.43. The van der Waals surface area contributed by atoms with Gasteiger partial charge < -0.3 is 15.0 Å². The van der Waals surface area contributed by atoms with E-state index in [0.29, 0.717) is 6.54 Å². The van der Waals surface area contributed by atoms with E-state index in [0.717, 1.165) is 29.0 Å². The van der Waals surface area contributed by atoms with E-state index in [9.17, 15) is 22.4 Å². The molecule has 0 aliphatic rings. The number of carbonyl (C=O) groups is 2. The van der Waals surface area contributed by atoms with Crippen molar-refractivity contribution < 1.29 is 27.1 Å². The van der Waals surface area contributed by atoms with Crippen molar-refractivity contribution in [1.29, 1.82) is 0 Å². The van der Waals surface area contributed by atoms with E-state index in [1.54, 1.807) is 30.3 Å². The van der Waals surface area contributed by atoms with Gasteiger partial charge in [0.25, 0.3) is 0 Å². The van der Waals surface area contributed by atoms with Crippen LogP contribution in [0.3, 0.4) is 0 Å². The van der Waals surface area contributed by atoms with E-state index < -0.39 is 40.2 Å². The summed E-state index contributed by atoms with van der Waals surface area (Å²) in [5.41, 5.74) is 1.19. The van der Waals surface area contributed by atoms with Crippen LogP contribution in [0.1, 0.15) is 30.9 Å². The average Bonchev–Trinajstić information content (AvgIpc) is 2.94. The number of unbranched alkanes of at least 4 members (excludes halogenated alkanes) is 1. The molecular weight excluding hydrogens is 533 g/mol. The number of hydrogen-bond acceptors (Lipinski definition) is 5. The van der Waals surface area contributed by atoms with Crippen LogP contribution in [0.25, 0.3) is 0 Å². The Morgan fingerprint density at radius 3 is 2.27 bits per heavy atom. The van der Waals surface area contributed by atoms with Gasteiger partial charge in [-0.15, -0.1) is 0 Å². The predicted molar refractivity (Wildman–Crippen MR) is 154 cm³/mol. The van der Waals surface area contributed by atoms with E-state index in [4.69, 9.17) is 4.74 Å². The second kappa shape index (κ2) is 14.5. The molecule has 1 N–H and O–H groups in total. The van der Waals surface area contributed by atoms with Crippen LogP contribution in [0, 0.1) is 5.82 Å². The lowest BCUT2D eigenvalue weighted by molar-refractivity contribution is -0.140. The number of rotatable bonds is 14. The molecule has 214 valence electrons. The predicted octanol–water partition coefficient (Wildman–Crippen LogP) is 4.16. The van der Waals surface area contributed by atoms with Crippen LogP contribution in [-0.4, -0.2) is 57.6 Å². The number of hydrogen-bond donors (Lipinski definition) is 1. The molecule has 3 rings (SSSR count). The van der Waals surface area contributed by atoms with Crippen molar-refractivity contribution >= 4 is 27.5 Å². The second-order valence-electron chi connectivity index (χ2n) is 9.40. The SMILES string of the molecule is CCCCNC(=O)C(Cc1ccccc1)N(Cc1ccccc1F)C(=O)CN(c1ccccc1OC)S(C)(=O)=O. The van der Waals surface area contributed by atoms with Gasteiger partial charge in [0.1, 0.15) is 24.2 Å². The zero-order valence-corrected chi connectivity index (χ0v) is 23.9. The molecule has 0 saturated carbocycles. The van der Waals surface area contributed by atoms with Crippen molar-refractivity contribution in [3.05, 3.63) is 95.8 Å². The number of benzene rings is 3. The Morgan fingerprint density at radius 1 is 0.975 bits per heavy atom. The van der Waals surface area contributed by atoms with Crippen LogP contribution in [0.5, 0.6) is 5.75 Å². The Kier molecular flexibility index (Phi) is 11.1. The van der Waals surface area contributed by atoms with E-state index >= 15 is 0 Å². The van der Waals surface area contributed by atoms with Crippen LogP contribution < -0.4 is 14.4 Å². The van der Waals surface area contributed by atoms with E-state index in [1.165, 1.54) is 30.2 Å². The maximum atomic E-state index is 14.8. The molecule has 2 amide bonds. The van der Waals surface area contributed by atoms with Gasteiger partial charge in [0.05, 0.1) is 19.1 Å². The van der Waals surface area contributed by atoms with Crippen molar-refractivity contribution in [2.75, 3.05) is 30.8 Å². The first kappa shape index (κ1) is 30.6. The number of amides is 2. The highest BCUT2D eigenvalue weighted by Gasteiger charge is 2.34. The second-order valence-corrected chi connectivity index (χ2v) is 11.3. The third kappa shape index (κ3) is 8.29. The van der Waals surface area contributed by atoms with Gasteiger partial charge in [-0.05, 0) is 30.2 Å². The van der Waals surface area contributed by atoms with Crippen LogP contribution in [0.15, 0.2) is 78.9 Å². The summed E-state index contributed by atoms with van der Waals surface area (Å²) in [6.07, 6.45) is 2.77. The molecule has 0 aliphatic carbocycles. The summed E-state index contributed by atoms with van der Waals surface area (Å²) in [4.78, 5) is 28.8. The van der Waals surface area contributed by atoms with Gasteiger partial charge in [-0.2, -0.15) is 0 Å². The van der Waals surface area contributed by atoms with Crippen LogP contribution >= 0.6 is 0 Å². The summed E-state index contributed by atoms with van der Waals surface area (Å²) < 4.78 is 46.9. The summed E-state index contributed by atoms with van der Waals surface area (Å²) >= 11 is 0. The van der Waals surface area contributed by atoms with E-state index in [-0.39, 0.29) is 30.0 Å². The van der Waals surface area contributed by atoms with Gasteiger partial charge in [-0.1, -0.05) is 74.0 Å². The highest BCUT2D eigenvalue weighted by Crippen LogP contribution is 2.30. The van der Waals surface area contributed by atoms with Crippen LogP contribution in [0.2, 0.25) is 0 Å². The number of methoxy groups -OCH3 is 1. The number of nitrogens with one attached hydrogen (secondary N) is 1. The number of nitrogens with zero attached hydrogens (tertiary/aromatic N) is 2. The lowest BCUT2D eigenvalue weighted by Crippen LogP contribution is -2.53. The maximum absolute atomic E-state index is 14.8. The molecule has 0 aromatic heterocycles. The first-order chi connectivity index (χ1) is 19.2. The van der Waals surface area contributed by atoms with Gasteiger partial charge in [0.15, 0.2) is 0 Å². The summed E-state index contributed by atoms with van der Waals surface area (Å²) in [7, 11) is -2.55. The number of carbonyl (C=O) groups excluding carboxylic acids is 2. The fourth-order valence-corrected chi connectivity index (χ4v) is 5.15. The van der Waals surface area contributed by atoms with E-state index in [1.807, 2.05) is 37.3 Å². The largest absolute Gasteiger partial charge is 0.495 e. The molecule has 0 aliphatic heterocycles. The zero-order chi connectivity index (χ0) is 29.1. The molecule has 8 nitrogen and oxygen atoms in total. The number of para-hydroxylation sites is 2. The molecule has 1 atom stereocenters. The van der Waals surface area contributed by atoms with Crippen molar-refractivity contribution in [2.45, 2.75) is 38.8 Å². The van der Waals surface area contributed by atoms with Gasteiger partial charge in [0.2, 0.25) is 21.8 Å². The summed E-state index contributed by atoms with van der Waals surface area (Å²) in [5.74, 6) is -1.33. The molecule has 0 saturated heterocycles. The molecular formula is C30H36FN3O5S. The highest BCUT2D eigenvalue weighted by molar-refractivity contribution is 7.92. The Morgan fingerprint density at radius 2 is 1.62 bits per heavy atom. The van der Waals surface area contributed by atoms with Gasteiger partial charge in [-0.3, -0.25) is 13.9 Å². The monoisotopic (exact) mass is 569 g/mol. The topological polar surface area (TPSA) is 96.0 Å². The Labute approximate surface area is 235 Å². The fraction of sp³-hybridized carbons (Fsp3) is 0.333. The van der Waals surface area contributed by atoms with Crippen LogP contribution in [0.4, 0.5) is 10.1 Å². The van der Waals surface area contributed by atoms with Crippen molar-refractivity contribution in [3.8, 4) is 5.75 Å². The Hall–Kier alpha value is -3.92. The standard InChI is InChI=1S/C30H36FN3O5S/c1-4-5-19-32-30(36)27(20-23-13-7-6-8-14-23)33(21-24-15-9-10-16-25(24)31)29(35)22-34(40(3,37)38)26-17-11-12-18-28(26)39-2/h6-18,27H,4-5,19-22H2,1-3H3,(H,32,36). The van der Waals surface area contributed by atoms with Crippen molar-refractivity contribution in [3.63, 3.8) is 0 Å². The van der Waals surface area contributed by atoms with Crippen molar-refractivity contribution in [2.24, 2.45) is 0 Å². The van der Waals surface area contributed by atoms with E-state index in [2.05, 4.69) is 5.32 Å². The average molecular weight is 570 g/mol. The Bertz CT molecular complexity index is 1380. The van der Waals surface area contributed by atoms with Gasteiger partial charge in [-0.25, -0.2) is 12.8 Å². The minimum Gasteiger partial charge on any atom is -0.495 e. The lowest BCUT2D eigenvalue weighted by atomic mass is 10.0. The van der Waals surface area contributed by atoms with Crippen molar-refractivity contribution in [1.82, 2.24) is 10.2 Å². The highest BCUT2D eigenvalue weighted by atomic mass is 32.2. The molecule has 1 unspecified atom stereocenters. The third-order valence-corrected chi connectivity index (χ3v) is 7.56.